The third-order valence-electron chi connectivity index (χ3n) is 1.97. The van der Waals surface area contributed by atoms with Crippen molar-refractivity contribution in [2.45, 2.75) is 19.9 Å². The second kappa shape index (κ2) is 6.75. The van der Waals surface area contributed by atoms with Crippen molar-refractivity contribution in [2.75, 3.05) is 21.1 Å². The van der Waals surface area contributed by atoms with E-state index in [1.165, 1.54) is 16.8 Å². The second-order valence-corrected chi connectivity index (χ2v) is 3.80. The van der Waals surface area contributed by atoms with Crippen LogP contribution in [0, 0.1) is 5.92 Å². The van der Waals surface area contributed by atoms with Gasteiger partial charge in [0, 0.05) is 21.1 Å². The second-order valence-electron chi connectivity index (χ2n) is 3.80. The summed E-state index contributed by atoms with van der Waals surface area (Å²) in [5, 5.41) is 10.8. The molecule has 0 bridgehead atoms. The molecule has 0 aliphatic heterocycles. The summed E-state index contributed by atoms with van der Waals surface area (Å²) >= 11 is 0. The van der Waals surface area contributed by atoms with Gasteiger partial charge in [-0.1, -0.05) is 13.8 Å². The van der Waals surface area contributed by atoms with Gasteiger partial charge in [-0.25, -0.2) is 4.79 Å². The van der Waals surface area contributed by atoms with E-state index in [1.54, 1.807) is 27.9 Å². The molecule has 0 aromatic rings. The maximum Gasteiger partial charge on any atom is 1.00 e. The predicted molar refractivity (Wildman–Crippen MR) is 50.5 cm³/mol. The summed E-state index contributed by atoms with van der Waals surface area (Å²) in [5.74, 6) is -1.40. The number of carbonyl (C=O) groups is 2. The van der Waals surface area contributed by atoms with Gasteiger partial charge < -0.3 is 19.7 Å². The minimum absolute atomic E-state index is 0. The van der Waals surface area contributed by atoms with Gasteiger partial charge in [0.15, 0.2) is 0 Å². The van der Waals surface area contributed by atoms with E-state index in [-0.39, 0.29) is 30.8 Å². The summed E-state index contributed by atoms with van der Waals surface area (Å²) in [6.07, 6.45) is 0. The van der Waals surface area contributed by atoms with Crippen LogP contribution in [-0.2, 0) is 4.79 Å². The zero-order chi connectivity index (χ0) is 11.5. The smallest absolute Gasteiger partial charge is 0.548 e. The number of amides is 2. The molecule has 0 aliphatic carbocycles. The molecule has 0 aromatic heterocycles. The first-order valence-corrected chi connectivity index (χ1v) is 4.44. The van der Waals surface area contributed by atoms with Crippen molar-refractivity contribution >= 4 is 12.0 Å². The number of rotatable bonds is 3. The Bertz CT molecular complexity index is 231. The standard InChI is InChI=1S/C9H18N2O3.Li/c1-6(2)7(8(12)13)11(5)9(14)10(3)4;/h6-7H,1-5H3,(H,12,13);/q;+1/p-1/t7-;/m0./s1. The molecule has 0 aliphatic rings. The first-order valence-electron chi connectivity index (χ1n) is 4.44. The van der Waals surface area contributed by atoms with Crippen LogP contribution in [0.3, 0.4) is 0 Å². The van der Waals surface area contributed by atoms with E-state index in [1.807, 2.05) is 0 Å². The van der Waals surface area contributed by atoms with Crippen molar-refractivity contribution in [1.82, 2.24) is 9.80 Å². The first kappa shape index (κ1) is 16.8. The molecule has 15 heavy (non-hydrogen) atoms. The van der Waals surface area contributed by atoms with Gasteiger partial charge in [-0.15, -0.1) is 0 Å². The molecule has 0 spiro atoms. The molecule has 0 rings (SSSR count). The fourth-order valence-corrected chi connectivity index (χ4v) is 1.31. The van der Waals surface area contributed by atoms with Gasteiger partial charge in [0.05, 0.1) is 12.0 Å². The van der Waals surface area contributed by atoms with Crippen molar-refractivity contribution < 1.29 is 33.6 Å². The van der Waals surface area contributed by atoms with Crippen LogP contribution in [0.2, 0.25) is 0 Å². The molecule has 0 saturated carbocycles. The average molecular weight is 208 g/mol. The fourth-order valence-electron chi connectivity index (χ4n) is 1.31. The van der Waals surface area contributed by atoms with Crippen molar-refractivity contribution in [3.05, 3.63) is 0 Å². The largest absolute Gasteiger partial charge is 1.00 e. The SMILES string of the molecule is CC(C)[C@@H](C(=O)[O-])N(C)C(=O)N(C)C.[Li+]. The number of urea groups is 1. The van der Waals surface area contributed by atoms with E-state index in [9.17, 15) is 14.7 Å². The van der Waals surface area contributed by atoms with E-state index in [0.29, 0.717) is 0 Å². The third kappa shape index (κ3) is 4.58. The zero-order valence-corrected chi connectivity index (χ0v) is 10.3. The van der Waals surface area contributed by atoms with E-state index in [0.717, 1.165) is 0 Å². The number of aliphatic carboxylic acids is 1. The van der Waals surface area contributed by atoms with Gasteiger partial charge in [0.2, 0.25) is 0 Å². The van der Waals surface area contributed by atoms with E-state index >= 15 is 0 Å². The molecule has 0 N–H and O–H groups in total. The Kier molecular flexibility index (Phi) is 7.54. The number of carboxylic acids is 1. The maximum atomic E-state index is 11.5. The number of carboxylic acid groups (broad SMARTS) is 1. The number of carbonyl (C=O) groups excluding carboxylic acids is 2. The molecule has 2 amide bonds. The van der Waals surface area contributed by atoms with Crippen LogP contribution in [0.5, 0.6) is 0 Å². The van der Waals surface area contributed by atoms with Gasteiger partial charge in [-0.3, -0.25) is 0 Å². The average Bonchev–Trinajstić information content (AvgIpc) is 2.01. The number of hydrogen-bond acceptors (Lipinski definition) is 3. The summed E-state index contributed by atoms with van der Waals surface area (Å²) < 4.78 is 0. The number of nitrogens with zero attached hydrogens (tertiary/aromatic N) is 2. The molecule has 6 heteroatoms. The molecule has 82 valence electrons. The third-order valence-corrected chi connectivity index (χ3v) is 1.97. The minimum Gasteiger partial charge on any atom is -0.548 e. The Labute approximate surface area is 103 Å². The van der Waals surface area contributed by atoms with Crippen LogP contribution >= 0.6 is 0 Å². The maximum absolute atomic E-state index is 11.5. The van der Waals surface area contributed by atoms with Crippen LogP contribution in [0.25, 0.3) is 0 Å². The van der Waals surface area contributed by atoms with Crippen molar-refractivity contribution in [2.24, 2.45) is 5.92 Å². The Morgan fingerprint density at radius 1 is 1.13 bits per heavy atom. The molecule has 0 saturated heterocycles. The number of hydrogen-bond donors (Lipinski definition) is 0. The first-order chi connectivity index (χ1) is 6.29. The van der Waals surface area contributed by atoms with Gasteiger partial charge in [0.25, 0.3) is 0 Å². The van der Waals surface area contributed by atoms with Crippen LogP contribution in [0.1, 0.15) is 13.8 Å². The monoisotopic (exact) mass is 208 g/mol. The molecule has 0 fully saturated rings. The van der Waals surface area contributed by atoms with Crippen molar-refractivity contribution in [3.8, 4) is 0 Å². The van der Waals surface area contributed by atoms with E-state index in [2.05, 4.69) is 0 Å². The molecule has 0 heterocycles. The summed E-state index contributed by atoms with van der Waals surface area (Å²) in [5.41, 5.74) is 0. The Morgan fingerprint density at radius 3 is 1.73 bits per heavy atom. The molecule has 0 aromatic carbocycles. The van der Waals surface area contributed by atoms with Crippen molar-refractivity contribution in [3.63, 3.8) is 0 Å². The van der Waals surface area contributed by atoms with E-state index < -0.39 is 12.0 Å². The topological polar surface area (TPSA) is 63.7 Å². The van der Waals surface area contributed by atoms with Gasteiger partial charge in [0.1, 0.15) is 0 Å². The Hall–Kier alpha value is -0.663. The molecule has 1 atom stereocenters. The van der Waals surface area contributed by atoms with Gasteiger partial charge in [-0.2, -0.15) is 0 Å². The van der Waals surface area contributed by atoms with Crippen LogP contribution < -0.4 is 24.0 Å². The minimum atomic E-state index is -1.22. The summed E-state index contributed by atoms with van der Waals surface area (Å²) in [4.78, 5) is 24.8. The molecular formula is C9H17LiN2O3. The van der Waals surface area contributed by atoms with Crippen LogP contribution in [0.15, 0.2) is 0 Å². The van der Waals surface area contributed by atoms with Crippen LogP contribution in [0.4, 0.5) is 4.79 Å². The molecular weight excluding hydrogens is 191 g/mol. The van der Waals surface area contributed by atoms with Crippen molar-refractivity contribution in [1.29, 1.82) is 0 Å². The zero-order valence-electron chi connectivity index (χ0n) is 10.3. The summed E-state index contributed by atoms with van der Waals surface area (Å²) in [6, 6.07) is -1.22. The quantitative estimate of drug-likeness (QED) is 0.450. The summed E-state index contributed by atoms with van der Waals surface area (Å²) in [6.45, 7) is 3.47. The Balaban J connectivity index is 0. The van der Waals surface area contributed by atoms with E-state index in [4.69, 9.17) is 0 Å². The van der Waals surface area contributed by atoms with Gasteiger partial charge in [-0.05, 0) is 5.92 Å². The number of likely N-dealkylation sites (N-methyl/N-ethyl adjacent to an activating group) is 1. The predicted octanol–water partition coefficient (Wildman–Crippen LogP) is -3.62. The Morgan fingerprint density at radius 2 is 1.53 bits per heavy atom. The molecule has 0 unspecified atom stereocenters. The molecule has 5 nitrogen and oxygen atoms in total. The fraction of sp³-hybridized carbons (Fsp3) is 0.778. The van der Waals surface area contributed by atoms with Crippen LogP contribution in [-0.4, -0.2) is 49.0 Å². The summed E-state index contributed by atoms with van der Waals surface area (Å²) in [7, 11) is 4.61. The normalized spacial score (nSPS) is 11.6. The molecule has 0 radical (unpaired) electrons. The van der Waals surface area contributed by atoms with Gasteiger partial charge >= 0.3 is 24.9 Å².